The smallest absolute Gasteiger partial charge is 0.253 e. The van der Waals surface area contributed by atoms with Gasteiger partial charge in [0, 0.05) is 54.5 Å². The number of benzene rings is 2. The number of nitrogens with zero attached hydrogens (tertiary/aromatic N) is 1. The van der Waals surface area contributed by atoms with Crippen molar-refractivity contribution in [3.05, 3.63) is 63.7 Å². The number of phenols is 2. The topological polar surface area (TPSA) is 461 Å². The highest BCUT2D eigenvalue weighted by molar-refractivity contribution is 6.31. The standard InChI is InChI=1S/C62H85N7O25/c1-32(2)26-39(60(83)66-38-28-48(93-35(5)53(38)76)94-42-30-62(85,43(71)31-70)29-37-50(42)57(80)52-51(55(37)78)54(77)36-8-7-9-41(86-6)49(36)56(52)79)68-61(84)40(27-44(63)72)67-59(82)34(4)65-58(81)33(3)64-45(73)12-14-87-16-18-89-20-22-91-24-25-92-23-21-90-19-17-88-15-13-69-46(74)10-11-47(69)75/h7-11,32-35,38-40,42,48,53,70,76,78,80,85H,12-31H2,1-6H3,(H2,63,72)(H,64,73)(H,65,81)(H,66,83)(H,67,82)(H,68,84)/t33-,34-,35+,38+,39?,40-,42+,48+,53-,62+/m1/s1. The van der Waals surface area contributed by atoms with Crippen molar-refractivity contribution in [2.45, 2.75) is 134 Å². The van der Waals surface area contributed by atoms with Crippen molar-refractivity contribution in [3.8, 4) is 17.2 Å². The number of ketones is 3. The van der Waals surface area contributed by atoms with Gasteiger partial charge in [0.05, 0.1) is 134 Å². The average Bonchev–Trinajstić information content (AvgIpc) is 0.770. The Hall–Kier alpha value is -7.89. The molecule has 8 amide bonds. The van der Waals surface area contributed by atoms with Crippen LogP contribution in [0.15, 0.2) is 30.4 Å². The SMILES string of the molecule is COc1cccc2c1C(=O)c1c(O)c3c(c(O)c1C2=O)C[C@@](O)(C(=O)CO)C[C@@H]3O[C@H]1C[C@H](NC(=O)C(CC(C)C)NC(=O)[C@@H](CC(N)=O)NC(=O)[C@@H](C)NC(=O)[C@@H](C)NC(=O)CCOCCOCCOCCOCCOCCOCCN2C(=O)C=CC2=O)[C@H](O)[C@H](C)O1. The lowest BCUT2D eigenvalue weighted by atomic mass is 9.72. The van der Waals surface area contributed by atoms with Crippen LogP contribution in [0.25, 0.3) is 0 Å². The third kappa shape index (κ3) is 20.1. The number of phenolic OH excluding ortho intramolecular Hbond substituents is 2. The van der Waals surface area contributed by atoms with Crippen LogP contribution in [-0.2, 0) is 87.5 Å². The van der Waals surface area contributed by atoms with Crippen LogP contribution in [0.3, 0.4) is 0 Å². The highest BCUT2D eigenvalue weighted by Gasteiger charge is 2.51. The number of Topliss-reactive ketones (excluding diaryl/α,β-unsaturated/α-hetero) is 1. The maximum absolute atomic E-state index is 14.2. The number of primary amides is 1. The van der Waals surface area contributed by atoms with Gasteiger partial charge in [-0.25, -0.2) is 0 Å². The van der Waals surface area contributed by atoms with Gasteiger partial charge in [-0.05, 0) is 39.2 Å². The highest BCUT2D eigenvalue weighted by Crippen LogP contribution is 2.52. The fourth-order valence-electron chi connectivity index (χ4n) is 10.8. The number of hydrogen-bond acceptors (Lipinski definition) is 25. The number of amides is 8. The summed E-state index contributed by atoms with van der Waals surface area (Å²) in [7, 11) is 1.26. The van der Waals surface area contributed by atoms with Gasteiger partial charge in [0.15, 0.2) is 17.9 Å². The van der Waals surface area contributed by atoms with E-state index in [0.29, 0.717) is 46.2 Å². The number of carbonyl (C=O) groups excluding carboxylic acids is 11. The van der Waals surface area contributed by atoms with Crippen LogP contribution < -0.4 is 37.1 Å². The molecule has 0 saturated carbocycles. The maximum atomic E-state index is 14.2. The molecule has 94 heavy (non-hydrogen) atoms. The molecule has 1 fully saturated rings. The Morgan fingerprint density at radius 2 is 1.24 bits per heavy atom. The van der Waals surface area contributed by atoms with Gasteiger partial charge in [-0.1, -0.05) is 26.0 Å². The summed E-state index contributed by atoms with van der Waals surface area (Å²) in [6.07, 6.45) is -5.98. The predicted octanol–water partition coefficient (Wildman–Crippen LogP) is -2.53. The van der Waals surface area contributed by atoms with Crippen LogP contribution in [0.4, 0.5) is 0 Å². The summed E-state index contributed by atoms with van der Waals surface area (Å²) in [6, 6.07) is -2.62. The Balaban J connectivity index is 0.930. The molecule has 32 nitrogen and oxygen atoms in total. The number of aliphatic hydroxyl groups excluding tert-OH is 2. The quantitative estimate of drug-likeness (QED) is 0.0159. The molecule has 2 aromatic carbocycles. The molecule has 6 rings (SSSR count). The summed E-state index contributed by atoms with van der Waals surface area (Å²) in [4.78, 5) is 145. The molecule has 0 bridgehead atoms. The minimum absolute atomic E-state index is 0.00289. The summed E-state index contributed by atoms with van der Waals surface area (Å²) >= 11 is 0. The summed E-state index contributed by atoms with van der Waals surface area (Å²) in [5, 5.41) is 69.3. The number of rotatable bonds is 39. The Labute approximate surface area is 541 Å². The number of carbonyl (C=O) groups is 11. The van der Waals surface area contributed by atoms with E-state index in [1.54, 1.807) is 13.8 Å². The average molecular weight is 1330 g/mol. The van der Waals surface area contributed by atoms with Crippen molar-refractivity contribution < 1.29 is 121 Å². The number of nitrogens with one attached hydrogen (secondary N) is 5. The summed E-state index contributed by atoms with van der Waals surface area (Å²) in [5.41, 5.74) is 0.769. The number of ether oxygens (including phenoxy) is 9. The van der Waals surface area contributed by atoms with Crippen molar-refractivity contribution in [2.24, 2.45) is 11.7 Å². The van der Waals surface area contributed by atoms with E-state index >= 15 is 0 Å². The lowest BCUT2D eigenvalue weighted by molar-refractivity contribution is -0.249. The van der Waals surface area contributed by atoms with Crippen LogP contribution >= 0.6 is 0 Å². The van der Waals surface area contributed by atoms with E-state index in [1.165, 1.54) is 58.2 Å². The molecule has 32 heteroatoms. The summed E-state index contributed by atoms with van der Waals surface area (Å²) < 4.78 is 50.2. The van der Waals surface area contributed by atoms with Crippen molar-refractivity contribution >= 4 is 64.6 Å². The normalized spacial score (nSPS) is 21.1. The number of aromatic hydroxyl groups is 2. The summed E-state index contributed by atoms with van der Waals surface area (Å²) in [6.45, 7) is 9.69. The maximum Gasteiger partial charge on any atom is 0.253 e. The van der Waals surface area contributed by atoms with Gasteiger partial charge in [0.2, 0.25) is 41.2 Å². The highest BCUT2D eigenvalue weighted by atomic mass is 16.7. The van der Waals surface area contributed by atoms with Crippen LogP contribution in [0, 0.1) is 5.92 Å². The van der Waals surface area contributed by atoms with E-state index in [-0.39, 0.29) is 105 Å². The van der Waals surface area contributed by atoms with Gasteiger partial charge in [0.1, 0.15) is 59.7 Å². The molecule has 2 aliphatic heterocycles. The fraction of sp³-hybridized carbons (Fsp3) is 0.597. The van der Waals surface area contributed by atoms with Gasteiger partial charge >= 0.3 is 0 Å². The number of hydrogen-bond donors (Lipinski definition) is 11. The first-order chi connectivity index (χ1) is 44.7. The molecule has 2 heterocycles. The zero-order valence-corrected chi connectivity index (χ0v) is 53.2. The Morgan fingerprint density at radius 3 is 1.81 bits per heavy atom. The Morgan fingerprint density at radius 1 is 0.702 bits per heavy atom. The first-order valence-corrected chi connectivity index (χ1v) is 30.7. The van der Waals surface area contributed by atoms with E-state index in [1.807, 2.05) is 0 Å². The number of imide groups is 1. The van der Waals surface area contributed by atoms with E-state index in [9.17, 15) is 78.3 Å². The second-order valence-electron chi connectivity index (χ2n) is 23.1. The second-order valence-corrected chi connectivity index (χ2v) is 23.1. The Kier molecular flexibility index (Phi) is 28.4. The Bertz CT molecular complexity index is 3110. The van der Waals surface area contributed by atoms with Crippen LogP contribution in [0.5, 0.6) is 17.2 Å². The lowest BCUT2D eigenvalue weighted by Crippen LogP contribution is -2.61. The van der Waals surface area contributed by atoms with Crippen molar-refractivity contribution in [1.29, 1.82) is 0 Å². The van der Waals surface area contributed by atoms with Crippen molar-refractivity contribution in [2.75, 3.05) is 99.5 Å². The van der Waals surface area contributed by atoms with Gasteiger partial charge in [-0.3, -0.25) is 57.6 Å². The van der Waals surface area contributed by atoms with Crippen LogP contribution in [-0.4, -0.2) is 249 Å². The largest absolute Gasteiger partial charge is 0.507 e. The molecule has 0 radical (unpaired) electrons. The van der Waals surface area contributed by atoms with Gasteiger partial charge < -0.3 is 100 Å². The number of aliphatic hydroxyl groups is 3. The first-order valence-electron chi connectivity index (χ1n) is 30.7. The number of nitrogens with two attached hydrogens (primary N) is 1. The third-order valence-electron chi connectivity index (χ3n) is 15.7. The third-order valence-corrected chi connectivity index (χ3v) is 15.7. The van der Waals surface area contributed by atoms with Crippen LogP contribution in [0.1, 0.15) is 116 Å². The van der Waals surface area contributed by atoms with Gasteiger partial charge in [0.25, 0.3) is 11.8 Å². The van der Waals surface area contributed by atoms with Crippen molar-refractivity contribution in [3.63, 3.8) is 0 Å². The molecule has 1 saturated heterocycles. The second kappa shape index (κ2) is 35.6. The van der Waals surface area contributed by atoms with Gasteiger partial charge in [-0.2, -0.15) is 0 Å². The molecule has 518 valence electrons. The van der Waals surface area contributed by atoms with E-state index in [4.69, 9.17) is 48.4 Å². The number of fused-ring (bicyclic) bond motifs is 3. The minimum atomic E-state index is -2.48. The molecular weight excluding hydrogens is 1240 g/mol. The van der Waals surface area contributed by atoms with E-state index < -0.39 is 162 Å². The molecule has 12 N–H and O–H groups in total. The molecule has 0 aromatic heterocycles. The molecule has 2 aromatic rings. The minimum Gasteiger partial charge on any atom is -0.507 e. The zero-order valence-electron chi connectivity index (χ0n) is 53.2. The van der Waals surface area contributed by atoms with Crippen LogP contribution in [0.2, 0.25) is 0 Å². The molecule has 10 atom stereocenters. The first kappa shape index (κ1) is 75.1. The molecule has 4 aliphatic rings. The zero-order chi connectivity index (χ0) is 69.0. The molecular formula is C62H85N7O25. The fourth-order valence-corrected chi connectivity index (χ4v) is 10.8. The predicted molar refractivity (Wildman–Crippen MR) is 323 cm³/mol. The van der Waals surface area contributed by atoms with Gasteiger partial charge in [-0.15, -0.1) is 0 Å². The monoisotopic (exact) mass is 1330 g/mol. The molecule has 2 aliphatic carbocycles. The molecule has 0 spiro atoms. The summed E-state index contributed by atoms with van der Waals surface area (Å²) in [5.74, 6) is -10.8. The lowest BCUT2D eigenvalue weighted by Gasteiger charge is -2.43. The van der Waals surface area contributed by atoms with Crippen molar-refractivity contribution in [1.82, 2.24) is 31.5 Å². The number of methoxy groups -OCH3 is 1. The van der Waals surface area contributed by atoms with E-state index in [0.717, 1.165) is 4.90 Å². The molecule has 1 unspecified atom stereocenters. The van der Waals surface area contributed by atoms with E-state index in [2.05, 4.69) is 26.6 Å².